The number of hydrogen-bond donors (Lipinski definition) is 1. The largest absolute Gasteiger partial charge is 0.484 e. The van der Waals surface area contributed by atoms with Crippen molar-refractivity contribution in [3.8, 4) is 5.75 Å². The zero-order chi connectivity index (χ0) is 13.7. The number of nitrogens with zero attached hydrogens (tertiary/aromatic N) is 1. The second kappa shape index (κ2) is 6.39. The molecule has 0 amide bonds. The molecule has 1 rings (SSSR count). The van der Waals surface area contributed by atoms with Crippen LogP contribution in [0.4, 0.5) is 11.4 Å². The molecule has 0 aliphatic heterocycles. The predicted octanol–water partition coefficient (Wildman–Crippen LogP) is 3.70. The normalized spacial score (nSPS) is 10.2. The summed E-state index contributed by atoms with van der Waals surface area (Å²) >= 11 is 3.19. The van der Waals surface area contributed by atoms with E-state index in [1.807, 2.05) is 13.8 Å². The van der Waals surface area contributed by atoms with Crippen LogP contribution >= 0.6 is 15.9 Å². The lowest BCUT2D eigenvalue weighted by atomic mass is 10.2. The van der Waals surface area contributed by atoms with E-state index in [1.54, 1.807) is 18.2 Å². The summed E-state index contributed by atoms with van der Waals surface area (Å²) in [5, 5.41) is 14.1. The summed E-state index contributed by atoms with van der Waals surface area (Å²) in [5.41, 5.74) is 0.360. The Balaban J connectivity index is 3.09. The Hall–Kier alpha value is -1.56. The van der Waals surface area contributed by atoms with Gasteiger partial charge in [-0.15, -0.1) is 0 Å². The van der Waals surface area contributed by atoms with Crippen molar-refractivity contribution in [1.82, 2.24) is 0 Å². The van der Waals surface area contributed by atoms with Crippen molar-refractivity contribution >= 4 is 27.3 Å². The van der Waals surface area contributed by atoms with Crippen LogP contribution in [0.15, 0.2) is 29.3 Å². The number of anilines is 1. The van der Waals surface area contributed by atoms with Gasteiger partial charge in [-0.1, -0.05) is 28.6 Å². The number of nitro groups is 1. The van der Waals surface area contributed by atoms with E-state index in [1.165, 1.54) is 0 Å². The quantitative estimate of drug-likeness (QED) is 0.642. The predicted molar refractivity (Wildman–Crippen MR) is 75.4 cm³/mol. The van der Waals surface area contributed by atoms with Gasteiger partial charge in [-0.05, 0) is 26.0 Å². The molecule has 18 heavy (non-hydrogen) atoms. The molecule has 5 nitrogen and oxygen atoms in total. The van der Waals surface area contributed by atoms with Gasteiger partial charge in [0.05, 0.1) is 11.0 Å². The summed E-state index contributed by atoms with van der Waals surface area (Å²) in [4.78, 5) is 10.7. The number of nitro benzene ring substituents is 1. The minimum Gasteiger partial charge on any atom is -0.484 e. The van der Waals surface area contributed by atoms with Gasteiger partial charge in [-0.3, -0.25) is 10.1 Å². The summed E-state index contributed by atoms with van der Waals surface area (Å²) < 4.78 is 6.15. The number of hydrogen-bond acceptors (Lipinski definition) is 4. The molecule has 0 aromatic heterocycles. The van der Waals surface area contributed by atoms with E-state index in [9.17, 15) is 10.1 Å². The maximum absolute atomic E-state index is 11.1. The van der Waals surface area contributed by atoms with Crippen LogP contribution in [0.5, 0.6) is 5.75 Å². The molecule has 0 bridgehead atoms. The monoisotopic (exact) mass is 314 g/mol. The summed E-state index contributed by atoms with van der Waals surface area (Å²) in [7, 11) is 0. The van der Waals surface area contributed by atoms with Gasteiger partial charge in [0.2, 0.25) is 0 Å². The second-order valence-corrected chi connectivity index (χ2v) is 5.07. The van der Waals surface area contributed by atoms with Crippen LogP contribution in [-0.4, -0.2) is 17.6 Å². The molecule has 0 radical (unpaired) electrons. The fourth-order valence-electron chi connectivity index (χ4n) is 1.39. The van der Waals surface area contributed by atoms with Crippen molar-refractivity contribution in [2.75, 3.05) is 11.9 Å². The topological polar surface area (TPSA) is 64.4 Å². The Morgan fingerprint density at radius 2 is 2.28 bits per heavy atom. The molecule has 1 aromatic carbocycles. The molecule has 0 saturated carbocycles. The van der Waals surface area contributed by atoms with Crippen molar-refractivity contribution in [2.45, 2.75) is 20.0 Å². The van der Waals surface area contributed by atoms with Crippen LogP contribution in [0.3, 0.4) is 0 Å². The lowest BCUT2D eigenvalue weighted by Gasteiger charge is -2.12. The molecule has 98 valence electrons. The molecule has 0 atom stereocenters. The third-order valence-electron chi connectivity index (χ3n) is 2.01. The third kappa shape index (κ3) is 4.03. The summed E-state index contributed by atoms with van der Waals surface area (Å²) in [6, 6.07) is 4.94. The van der Waals surface area contributed by atoms with Crippen LogP contribution in [0.25, 0.3) is 0 Å². The minimum absolute atomic E-state index is 0.0556. The smallest absolute Gasteiger partial charge is 0.333 e. The fourth-order valence-corrected chi connectivity index (χ4v) is 1.53. The number of nitrogens with one attached hydrogen (secondary N) is 1. The number of benzene rings is 1. The van der Waals surface area contributed by atoms with Gasteiger partial charge >= 0.3 is 5.69 Å². The molecule has 0 spiro atoms. The first-order valence-corrected chi connectivity index (χ1v) is 6.22. The fraction of sp³-hybridized carbons (Fsp3) is 0.333. The maximum Gasteiger partial charge on any atom is 0.333 e. The van der Waals surface area contributed by atoms with Crippen LogP contribution in [0, 0.1) is 10.1 Å². The maximum atomic E-state index is 11.1. The summed E-state index contributed by atoms with van der Waals surface area (Å²) in [6.07, 6.45) is -0.120. The lowest BCUT2D eigenvalue weighted by Crippen LogP contribution is -2.09. The Kier molecular flexibility index (Phi) is 5.15. The van der Waals surface area contributed by atoms with Crippen LogP contribution in [0.1, 0.15) is 13.8 Å². The first-order chi connectivity index (χ1) is 8.41. The van der Waals surface area contributed by atoms with E-state index >= 15 is 0 Å². The van der Waals surface area contributed by atoms with Gasteiger partial charge in [0.1, 0.15) is 5.69 Å². The Morgan fingerprint density at radius 1 is 1.61 bits per heavy atom. The number of para-hydroxylation sites is 1. The molecule has 1 N–H and O–H groups in total. The van der Waals surface area contributed by atoms with E-state index in [0.29, 0.717) is 16.7 Å². The van der Waals surface area contributed by atoms with Gasteiger partial charge in [-0.25, -0.2) is 0 Å². The molecule has 0 unspecified atom stereocenters. The first kappa shape index (κ1) is 14.5. The van der Waals surface area contributed by atoms with Crippen molar-refractivity contribution < 1.29 is 9.66 Å². The van der Waals surface area contributed by atoms with Crippen molar-refractivity contribution in [1.29, 1.82) is 0 Å². The second-order valence-electron chi connectivity index (χ2n) is 3.95. The first-order valence-electron chi connectivity index (χ1n) is 5.43. The molecular formula is C12H15BrN2O3. The summed E-state index contributed by atoms with van der Waals surface area (Å²) in [5.74, 6) is 0.264. The molecular weight excluding hydrogens is 300 g/mol. The van der Waals surface area contributed by atoms with E-state index < -0.39 is 4.92 Å². The Bertz CT molecular complexity index is 461. The molecule has 6 heteroatoms. The SMILES string of the molecule is C=C(Br)CNc1cccc(OC(C)C)c1[N+](=O)[O-]. The van der Waals surface area contributed by atoms with Crippen LogP contribution in [0.2, 0.25) is 0 Å². The highest BCUT2D eigenvalue weighted by molar-refractivity contribution is 9.11. The van der Waals surface area contributed by atoms with Gasteiger partial charge in [0.25, 0.3) is 0 Å². The third-order valence-corrected chi connectivity index (χ3v) is 2.30. The number of halogens is 1. The van der Waals surface area contributed by atoms with Crippen LogP contribution in [-0.2, 0) is 0 Å². The molecule has 0 heterocycles. The lowest BCUT2D eigenvalue weighted by molar-refractivity contribution is -0.385. The zero-order valence-electron chi connectivity index (χ0n) is 10.3. The molecule has 0 saturated heterocycles. The van der Waals surface area contributed by atoms with E-state index in [-0.39, 0.29) is 17.5 Å². The minimum atomic E-state index is -0.447. The number of ether oxygens (including phenoxy) is 1. The van der Waals surface area contributed by atoms with Gasteiger partial charge in [0, 0.05) is 11.0 Å². The highest BCUT2D eigenvalue weighted by atomic mass is 79.9. The highest BCUT2D eigenvalue weighted by Gasteiger charge is 2.21. The summed E-state index contributed by atoms with van der Waals surface area (Å²) in [6.45, 7) is 7.72. The molecule has 1 aromatic rings. The number of rotatable bonds is 6. The highest BCUT2D eigenvalue weighted by Crippen LogP contribution is 2.35. The zero-order valence-corrected chi connectivity index (χ0v) is 11.9. The Morgan fingerprint density at radius 3 is 2.78 bits per heavy atom. The standard InChI is InChI=1S/C12H15BrN2O3/c1-8(2)18-11-6-4-5-10(12(11)15(16)17)14-7-9(3)13/h4-6,8,14H,3,7H2,1-2H3. The van der Waals surface area contributed by atoms with E-state index in [2.05, 4.69) is 27.8 Å². The van der Waals surface area contributed by atoms with E-state index in [4.69, 9.17) is 4.74 Å². The van der Waals surface area contributed by atoms with Gasteiger partial charge < -0.3 is 10.1 Å². The van der Waals surface area contributed by atoms with Gasteiger partial charge in [0.15, 0.2) is 5.75 Å². The van der Waals surface area contributed by atoms with Crippen LogP contribution < -0.4 is 10.1 Å². The van der Waals surface area contributed by atoms with E-state index in [0.717, 1.165) is 0 Å². The Labute approximate surface area is 114 Å². The molecule has 0 aliphatic carbocycles. The molecule has 0 aliphatic rings. The van der Waals surface area contributed by atoms with Crippen molar-refractivity contribution in [3.63, 3.8) is 0 Å². The molecule has 0 fully saturated rings. The van der Waals surface area contributed by atoms with Crippen molar-refractivity contribution in [3.05, 3.63) is 39.4 Å². The van der Waals surface area contributed by atoms with Crippen molar-refractivity contribution in [2.24, 2.45) is 0 Å². The average molecular weight is 315 g/mol. The average Bonchev–Trinajstić information content (AvgIpc) is 2.25. The van der Waals surface area contributed by atoms with Gasteiger partial charge in [-0.2, -0.15) is 0 Å².